The van der Waals surface area contributed by atoms with Gasteiger partial charge in [-0.05, 0) is 19.4 Å². The zero-order valence-electron chi connectivity index (χ0n) is 10.3. The largest absolute Gasteiger partial charge is 0.468 e. The first-order valence-corrected chi connectivity index (χ1v) is 5.39. The van der Waals surface area contributed by atoms with E-state index in [1.165, 1.54) is 7.11 Å². The summed E-state index contributed by atoms with van der Waals surface area (Å²) in [7, 11) is 1.29. The van der Waals surface area contributed by atoms with Gasteiger partial charge in [0.05, 0.1) is 12.5 Å². The first-order chi connectivity index (χ1) is 7.98. The summed E-state index contributed by atoms with van der Waals surface area (Å²) in [5.41, 5.74) is 0.234. The first kappa shape index (κ1) is 13.2. The summed E-state index contributed by atoms with van der Waals surface area (Å²) in [6.45, 7) is 3.52. The van der Waals surface area contributed by atoms with E-state index in [1.54, 1.807) is 0 Å². The van der Waals surface area contributed by atoms with Crippen LogP contribution < -0.4 is 5.32 Å². The molecular formula is C13H17NO3. The topological polar surface area (TPSA) is 55.4 Å². The zero-order chi connectivity index (χ0) is 12.9. The maximum absolute atomic E-state index is 12.0. The number of rotatable bonds is 4. The Morgan fingerprint density at radius 2 is 1.82 bits per heavy atom. The zero-order valence-corrected chi connectivity index (χ0v) is 10.3. The Bertz CT molecular complexity index is 398. The normalized spacial score (nSPS) is 10.8. The minimum atomic E-state index is -0.671. The molecule has 0 unspecified atom stereocenters. The van der Waals surface area contributed by atoms with Crippen LogP contribution in [0.25, 0.3) is 0 Å². The van der Waals surface area contributed by atoms with Gasteiger partial charge in [-0.3, -0.25) is 9.59 Å². The van der Waals surface area contributed by atoms with Crippen LogP contribution in [0, 0.1) is 0 Å². The molecule has 1 aromatic carbocycles. The lowest BCUT2D eigenvalue weighted by Crippen LogP contribution is -2.42. The maximum atomic E-state index is 12.0. The van der Waals surface area contributed by atoms with Gasteiger partial charge in [-0.25, -0.2) is 0 Å². The molecule has 0 aromatic heterocycles. The molecule has 0 atom stereocenters. The fraction of sp³-hybridized carbons (Fsp3) is 0.385. The number of nitrogens with one attached hydrogen (secondary N) is 1. The summed E-state index contributed by atoms with van der Waals surface area (Å²) in [5.74, 6) is -0.656. The van der Waals surface area contributed by atoms with Crippen molar-refractivity contribution in [2.75, 3.05) is 13.7 Å². The number of amides is 1. The van der Waals surface area contributed by atoms with Crippen molar-refractivity contribution in [1.29, 1.82) is 0 Å². The fourth-order valence-electron chi connectivity index (χ4n) is 1.43. The Hall–Kier alpha value is -1.84. The summed E-state index contributed by atoms with van der Waals surface area (Å²) in [5, 5.41) is 2.56. The summed E-state index contributed by atoms with van der Waals surface area (Å²) in [6, 6.07) is 9.43. The first-order valence-electron chi connectivity index (χ1n) is 5.39. The van der Waals surface area contributed by atoms with Crippen molar-refractivity contribution < 1.29 is 14.3 Å². The van der Waals surface area contributed by atoms with E-state index in [2.05, 4.69) is 10.1 Å². The van der Waals surface area contributed by atoms with Crippen molar-refractivity contribution in [3.05, 3.63) is 35.9 Å². The van der Waals surface area contributed by atoms with Crippen molar-refractivity contribution in [1.82, 2.24) is 5.32 Å². The third kappa shape index (κ3) is 3.31. The lowest BCUT2D eigenvalue weighted by atomic mass is 9.84. The summed E-state index contributed by atoms with van der Waals surface area (Å²) < 4.78 is 4.47. The molecule has 1 amide bonds. The second kappa shape index (κ2) is 5.48. The van der Waals surface area contributed by atoms with Crippen molar-refractivity contribution in [2.45, 2.75) is 19.3 Å². The molecule has 0 saturated carbocycles. The van der Waals surface area contributed by atoms with Gasteiger partial charge in [-0.1, -0.05) is 30.3 Å². The smallest absolute Gasteiger partial charge is 0.325 e. The van der Waals surface area contributed by atoms with Crippen LogP contribution in [-0.4, -0.2) is 25.5 Å². The van der Waals surface area contributed by atoms with Crippen LogP contribution in [-0.2, 0) is 19.7 Å². The van der Waals surface area contributed by atoms with Gasteiger partial charge in [0.25, 0.3) is 0 Å². The second-order valence-corrected chi connectivity index (χ2v) is 4.25. The Balaban J connectivity index is 2.71. The molecule has 0 saturated heterocycles. The predicted molar refractivity (Wildman–Crippen MR) is 64.5 cm³/mol. The molecule has 0 aliphatic rings. The predicted octanol–water partition coefficient (Wildman–Crippen LogP) is 1.25. The number of ether oxygens (including phenoxy) is 1. The minimum absolute atomic E-state index is 0.106. The number of carbonyl (C=O) groups is 2. The monoisotopic (exact) mass is 235 g/mol. The fourth-order valence-corrected chi connectivity index (χ4v) is 1.43. The average Bonchev–Trinajstić information content (AvgIpc) is 2.36. The molecule has 0 aliphatic carbocycles. The standard InChI is InChI=1S/C13H17NO3/c1-13(2,10-7-5-4-6-8-10)12(16)14-9-11(15)17-3/h4-8H,9H2,1-3H3,(H,14,16). The highest BCUT2D eigenvalue weighted by Crippen LogP contribution is 2.22. The van der Waals surface area contributed by atoms with Crippen LogP contribution in [0.2, 0.25) is 0 Å². The summed E-state index contributed by atoms with van der Waals surface area (Å²) in [6.07, 6.45) is 0. The number of methoxy groups -OCH3 is 1. The van der Waals surface area contributed by atoms with E-state index in [9.17, 15) is 9.59 Å². The number of carbonyl (C=O) groups excluding carboxylic acids is 2. The van der Waals surface area contributed by atoms with Crippen molar-refractivity contribution in [3.8, 4) is 0 Å². The van der Waals surface area contributed by atoms with E-state index in [1.807, 2.05) is 44.2 Å². The van der Waals surface area contributed by atoms with Crippen LogP contribution >= 0.6 is 0 Å². The SMILES string of the molecule is COC(=O)CNC(=O)C(C)(C)c1ccccc1. The molecule has 17 heavy (non-hydrogen) atoms. The van der Waals surface area contributed by atoms with E-state index in [0.29, 0.717) is 0 Å². The molecule has 0 aliphatic heterocycles. The number of hydrogen-bond donors (Lipinski definition) is 1. The molecule has 0 heterocycles. The quantitative estimate of drug-likeness (QED) is 0.799. The van der Waals surface area contributed by atoms with Crippen LogP contribution in [0.4, 0.5) is 0 Å². The third-order valence-electron chi connectivity index (χ3n) is 2.68. The van der Waals surface area contributed by atoms with E-state index < -0.39 is 11.4 Å². The highest BCUT2D eigenvalue weighted by atomic mass is 16.5. The van der Waals surface area contributed by atoms with Crippen molar-refractivity contribution >= 4 is 11.9 Å². The van der Waals surface area contributed by atoms with Gasteiger partial charge in [0.1, 0.15) is 6.54 Å². The highest BCUT2D eigenvalue weighted by Gasteiger charge is 2.29. The van der Waals surface area contributed by atoms with Gasteiger partial charge >= 0.3 is 5.97 Å². The molecule has 1 rings (SSSR count). The molecule has 4 heteroatoms. The van der Waals surface area contributed by atoms with Crippen LogP contribution in [0.3, 0.4) is 0 Å². The van der Waals surface area contributed by atoms with Crippen molar-refractivity contribution in [2.24, 2.45) is 0 Å². The molecule has 0 bridgehead atoms. The van der Waals surface area contributed by atoms with Gasteiger partial charge in [0.15, 0.2) is 0 Å². The molecule has 1 N–H and O–H groups in total. The molecule has 1 aromatic rings. The average molecular weight is 235 g/mol. The van der Waals surface area contributed by atoms with Crippen molar-refractivity contribution in [3.63, 3.8) is 0 Å². The van der Waals surface area contributed by atoms with Gasteiger partial charge in [-0.2, -0.15) is 0 Å². The lowest BCUT2D eigenvalue weighted by Gasteiger charge is -2.23. The second-order valence-electron chi connectivity index (χ2n) is 4.25. The van der Waals surface area contributed by atoms with Crippen LogP contribution in [0.15, 0.2) is 30.3 Å². The van der Waals surface area contributed by atoms with Gasteiger partial charge < -0.3 is 10.1 Å². The molecule has 92 valence electrons. The molecule has 0 radical (unpaired) electrons. The highest BCUT2D eigenvalue weighted by molar-refractivity contribution is 5.89. The van der Waals surface area contributed by atoms with Crippen LogP contribution in [0.1, 0.15) is 19.4 Å². The van der Waals surface area contributed by atoms with Crippen LogP contribution in [0.5, 0.6) is 0 Å². The molecule has 0 spiro atoms. The number of benzene rings is 1. The minimum Gasteiger partial charge on any atom is -0.468 e. The van der Waals surface area contributed by atoms with E-state index >= 15 is 0 Å². The van der Waals surface area contributed by atoms with E-state index in [4.69, 9.17) is 0 Å². The maximum Gasteiger partial charge on any atom is 0.325 e. The Kier molecular flexibility index (Phi) is 4.26. The molecule has 4 nitrogen and oxygen atoms in total. The summed E-state index contributed by atoms with van der Waals surface area (Å²) >= 11 is 0. The Morgan fingerprint density at radius 3 is 2.35 bits per heavy atom. The lowest BCUT2D eigenvalue weighted by molar-refractivity contribution is -0.141. The Labute approximate surface area is 101 Å². The molecule has 0 fully saturated rings. The summed E-state index contributed by atoms with van der Waals surface area (Å²) in [4.78, 5) is 22.9. The van der Waals surface area contributed by atoms with Gasteiger partial charge in [0.2, 0.25) is 5.91 Å². The number of esters is 1. The number of hydrogen-bond acceptors (Lipinski definition) is 3. The van der Waals surface area contributed by atoms with Gasteiger partial charge in [0, 0.05) is 0 Å². The van der Waals surface area contributed by atoms with E-state index in [0.717, 1.165) is 5.56 Å². The molecular weight excluding hydrogens is 218 g/mol. The van der Waals surface area contributed by atoms with Gasteiger partial charge in [-0.15, -0.1) is 0 Å². The third-order valence-corrected chi connectivity index (χ3v) is 2.68. The van der Waals surface area contributed by atoms with E-state index in [-0.39, 0.29) is 12.5 Å². The Morgan fingerprint density at radius 1 is 1.24 bits per heavy atom.